The minimum Gasteiger partial charge on any atom is -0.454 e. The number of rotatable bonds is 8. The average molecular weight is 799 g/mol. The molecule has 8 rings (SSSR count). The van der Waals surface area contributed by atoms with Gasteiger partial charge in [0.1, 0.15) is 36.6 Å². The summed E-state index contributed by atoms with van der Waals surface area (Å²) in [5.74, 6) is -0.800. The summed E-state index contributed by atoms with van der Waals surface area (Å²) in [5, 5.41) is 86.6. The van der Waals surface area contributed by atoms with Crippen LogP contribution in [0.25, 0.3) is 0 Å². The second-order valence-electron chi connectivity index (χ2n) is 20.3. The molecule has 56 heavy (non-hydrogen) atoms. The highest BCUT2D eigenvalue weighted by atomic mass is 16.7. The summed E-state index contributed by atoms with van der Waals surface area (Å²) < 4.78 is 37.1. The van der Waals surface area contributed by atoms with Crippen molar-refractivity contribution in [2.24, 2.45) is 39.4 Å². The first-order chi connectivity index (χ1) is 26.1. The van der Waals surface area contributed by atoms with E-state index in [4.69, 9.17) is 28.4 Å². The predicted octanol–water partition coefficient (Wildman–Crippen LogP) is 0.659. The van der Waals surface area contributed by atoms with Crippen molar-refractivity contribution >= 4 is 5.97 Å². The van der Waals surface area contributed by atoms with Gasteiger partial charge in [-0.15, -0.1) is 0 Å². The number of hydrogen-bond acceptors (Lipinski definition) is 15. The highest BCUT2D eigenvalue weighted by Gasteiger charge is 2.83. The second kappa shape index (κ2) is 14.0. The highest BCUT2D eigenvalue weighted by Crippen LogP contribution is 2.88. The van der Waals surface area contributed by atoms with Crippen LogP contribution >= 0.6 is 0 Å². The molecule has 5 aliphatic carbocycles. The maximum Gasteiger partial charge on any atom is 0.303 e. The summed E-state index contributed by atoms with van der Waals surface area (Å²) in [7, 11) is 0. The van der Waals surface area contributed by atoms with Crippen LogP contribution in [0.2, 0.25) is 0 Å². The van der Waals surface area contributed by atoms with Crippen LogP contribution in [0.15, 0.2) is 0 Å². The fourth-order valence-corrected chi connectivity index (χ4v) is 14.3. The highest BCUT2D eigenvalue weighted by molar-refractivity contribution is 5.66. The zero-order valence-corrected chi connectivity index (χ0v) is 33.7. The molecule has 0 bridgehead atoms. The third-order valence-corrected chi connectivity index (χ3v) is 17.1. The van der Waals surface area contributed by atoms with Crippen LogP contribution in [0.3, 0.4) is 0 Å². The van der Waals surface area contributed by atoms with Crippen molar-refractivity contribution in [3.63, 3.8) is 0 Å². The zero-order valence-electron chi connectivity index (χ0n) is 33.7. The number of ether oxygens (including phenoxy) is 6. The van der Waals surface area contributed by atoms with Gasteiger partial charge < -0.3 is 69.3 Å². The number of aliphatic hydroxyl groups excluding tert-OH is 7. The third-order valence-electron chi connectivity index (χ3n) is 17.1. The molecule has 2 spiro atoms. The van der Waals surface area contributed by atoms with Gasteiger partial charge in [-0.25, -0.2) is 0 Å². The lowest BCUT2D eigenvalue weighted by Gasteiger charge is -2.63. The molecular weight excluding hydrogens is 732 g/mol. The molecule has 15 nitrogen and oxygen atoms in total. The first-order valence-electron chi connectivity index (χ1n) is 21.0. The van der Waals surface area contributed by atoms with Crippen molar-refractivity contribution in [2.75, 3.05) is 13.2 Å². The van der Waals surface area contributed by atoms with Gasteiger partial charge in [0, 0.05) is 12.8 Å². The first-order valence-corrected chi connectivity index (χ1v) is 21.0. The fraction of sp³-hybridized carbons (Fsp3) is 0.976. The van der Waals surface area contributed by atoms with Gasteiger partial charge in [0.25, 0.3) is 0 Å². The SMILES string of the molecule is CC(=O)OC1C(OC2CC[C@]34C[C@@]35CC[C@]3(C)C([C@@]6(C)CCC(C(C)(C)O)O6)C(O)C[C@@]3(C)C5CC(OC3OC(CO)C(O)C(O)C3O)C4C2)OCC(O)C1O. The van der Waals surface area contributed by atoms with Crippen molar-refractivity contribution in [3.8, 4) is 0 Å². The van der Waals surface area contributed by atoms with E-state index in [1.807, 2.05) is 0 Å². The maximum atomic E-state index is 12.2. The molecular formula is C41H66O15. The van der Waals surface area contributed by atoms with Crippen LogP contribution in [0.5, 0.6) is 0 Å². The second-order valence-corrected chi connectivity index (χ2v) is 20.3. The van der Waals surface area contributed by atoms with E-state index >= 15 is 0 Å². The number of fused-ring (bicyclic) bond motifs is 2. The van der Waals surface area contributed by atoms with Crippen molar-refractivity contribution in [3.05, 3.63) is 0 Å². The van der Waals surface area contributed by atoms with Crippen molar-refractivity contribution in [2.45, 2.75) is 197 Å². The standard InChI is InChI=1S/C41H66O15/c1-19(43)52-32-28(46)23(45)17-51-35(32)53-20-7-10-40-18-41(40)12-11-37(4)33(39(6)9-8-27(56-39)36(2,3)50)22(44)15-38(37,5)26(41)14-24(21(40)13-20)54-34-31(49)30(48)29(47)25(16-42)55-34/h20-35,42,44-50H,7-18H2,1-6H3/t20?,21?,22?,23?,24?,25?,26?,27?,28?,29?,30?,31?,32?,33?,34?,35?,37-,38+,39-,40-,41-/m1/s1. The van der Waals surface area contributed by atoms with Crippen LogP contribution in [-0.2, 0) is 33.2 Å². The van der Waals surface area contributed by atoms with Gasteiger partial charge in [-0.1, -0.05) is 13.8 Å². The van der Waals surface area contributed by atoms with E-state index in [1.165, 1.54) is 6.92 Å². The van der Waals surface area contributed by atoms with Crippen LogP contribution in [0, 0.1) is 39.4 Å². The van der Waals surface area contributed by atoms with Crippen LogP contribution < -0.4 is 0 Å². The number of aliphatic hydroxyl groups is 8. The Kier molecular flexibility index (Phi) is 10.4. The molecule has 5 saturated carbocycles. The lowest BCUT2D eigenvalue weighted by molar-refractivity contribution is -0.328. The molecule has 0 aromatic heterocycles. The molecule has 0 aromatic carbocycles. The predicted molar refractivity (Wildman–Crippen MR) is 194 cm³/mol. The molecule has 0 radical (unpaired) electrons. The van der Waals surface area contributed by atoms with E-state index in [1.54, 1.807) is 13.8 Å². The van der Waals surface area contributed by atoms with E-state index in [9.17, 15) is 45.6 Å². The van der Waals surface area contributed by atoms with E-state index in [0.29, 0.717) is 32.1 Å². The smallest absolute Gasteiger partial charge is 0.303 e. The van der Waals surface area contributed by atoms with Crippen molar-refractivity contribution < 1.29 is 74.1 Å². The van der Waals surface area contributed by atoms with Gasteiger partial charge in [0.15, 0.2) is 18.7 Å². The van der Waals surface area contributed by atoms with Crippen LogP contribution in [0.4, 0.5) is 0 Å². The molecule has 0 aromatic rings. The molecule has 8 N–H and O–H groups in total. The Morgan fingerprint density at radius 1 is 0.821 bits per heavy atom. The van der Waals surface area contributed by atoms with E-state index < -0.39 is 97.4 Å². The Morgan fingerprint density at radius 3 is 2.21 bits per heavy atom. The molecule has 320 valence electrons. The Morgan fingerprint density at radius 2 is 1.55 bits per heavy atom. The van der Waals surface area contributed by atoms with Gasteiger partial charge in [0.2, 0.25) is 0 Å². The lowest BCUT2D eigenvalue weighted by atomic mass is 9.42. The quantitative estimate of drug-likeness (QED) is 0.125. The van der Waals surface area contributed by atoms with Gasteiger partial charge >= 0.3 is 5.97 Å². The summed E-state index contributed by atoms with van der Waals surface area (Å²) >= 11 is 0. The molecule has 3 aliphatic heterocycles. The maximum absolute atomic E-state index is 12.2. The Hall–Kier alpha value is -1.05. The lowest BCUT2D eigenvalue weighted by Crippen LogP contribution is -2.62. The topological polar surface area (TPSA) is 234 Å². The molecule has 8 aliphatic rings. The van der Waals surface area contributed by atoms with Crippen LogP contribution in [-0.4, -0.2) is 151 Å². The normalized spacial score (nSPS) is 56.8. The van der Waals surface area contributed by atoms with Crippen molar-refractivity contribution in [1.29, 1.82) is 0 Å². The molecule has 16 unspecified atom stereocenters. The molecule has 0 amide bonds. The Balaban J connectivity index is 1.11. The summed E-state index contributed by atoms with van der Waals surface area (Å²) in [6, 6.07) is 0. The Bertz CT molecular complexity index is 1490. The average Bonchev–Trinajstić information content (AvgIpc) is 3.49. The monoisotopic (exact) mass is 798 g/mol. The van der Waals surface area contributed by atoms with E-state index in [2.05, 4.69) is 20.8 Å². The van der Waals surface area contributed by atoms with Gasteiger partial charge in [0.05, 0.1) is 48.8 Å². The fourth-order valence-electron chi connectivity index (χ4n) is 14.3. The third kappa shape index (κ3) is 6.11. The number of hydrogen-bond donors (Lipinski definition) is 8. The molecule has 21 atom stereocenters. The minimum absolute atomic E-state index is 0.0459. The summed E-state index contributed by atoms with van der Waals surface area (Å²) in [5.41, 5.74) is -2.50. The number of carbonyl (C=O) groups excluding carboxylic acids is 1. The first kappa shape index (κ1) is 41.7. The Labute approximate surface area is 328 Å². The largest absolute Gasteiger partial charge is 0.454 e. The summed E-state index contributed by atoms with van der Waals surface area (Å²) in [4.78, 5) is 12.0. The molecule has 15 heteroatoms. The van der Waals surface area contributed by atoms with Gasteiger partial charge in [-0.05, 0) is 118 Å². The minimum atomic E-state index is -1.60. The van der Waals surface area contributed by atoms with Crippen LogP contribution in [0.1, 0.15) is 106 Å². The van der Waals surface area contributed by atoms with Gasteiger partial charge in [-0.2, -0.15) is 0 Å². The summed E-state index contributed by atoms with van der Waals surface area (Å²) in [6.07, 6.45) is -6.63. The van der Waals surface area contributed by atoms with E-state index in [0.717, 1.165) is 32.1 Å². The van der Waals surface area contributed by atoms with Crippen molar-refractivity contribution in [1.82, 2.24) is 0 Å². The number of esters is 1. The van der Waals surface area contributed by atoms with Gasteiger partial charge in [-0.3, -0.25) is 4.79 Å². The molecule has 8 fully saturated rings. The summed E-state index contributed by atoms with van der Waals surface area (Å²) in [6.45, 7) is 10.8. The molecule has 3 saturated heterocycles. The number of carbonyl (C=O) groups is 1. The zero-order chi connectivity index (χ0) is 40.5. The van der Waals surface area contributed by atoms with E-state index in [-0.39, 0.29) is 52.1 Å². The molecule has 3 heterocycles.